The number of allylic oxidation sites excluding steroid dienone is 1. The number of Topliss-reactive ketones (excluding diaryl/α,β-unsaturated/α-hetero) is 1. The fourth-order valence-electron chi connectivity index (χ4n) is 3.20. The number of hydrogen-bond acceptors (Lipinski definition) is 5. The molecule has 1 aromatic heterocycles. The fourth-order valence-corrected chi connectivity index (χ4v) is 5.68. The number of aryl methyl sites for hydroxylation is 1. The maximum Gasteiger partial charge on any atom is 0.270 e. The van der Waals surface area contributed by atoms with E-state index < -0.39 is 21.6 Å². The summed E-state index contributed by atoms with van der Waals surface area (Å²) in [5, 5.41) is 4.62. The lowest BCUT2D eigenvalue weighted by molar-refractivity contribution is 0.104. The van der Waals surface area contributed by atoms with Gasteiger partial charge in [0.1, 0.15) is 10.7 Å². The molecule has 30 heavy (non-hydrogen) atoms. The lowest BCUT2D eigenvalue weighted by atomic mass is 10.1. The predicted octanol–water partition coefficient (Wildman–Crippen LogP) is 4.94. The second-order valence-corrected chi connectivity index (χ2v) is 9.55. The molecule has 0 spiro atoms. The number of hydrogen-bond donors (Lipinski definition) is 1. The van der Waals surface area contributed by atoms with E-state index in [1.165, 1.54) is 46.1 Å². The van der Waals surface area contributed by atoms with Crippen LogP contribution in [0.15, 0.2) is 71.1 Å². The first-order valence-electron chi connectivity index (χ1n) is 9.35. The number of halogens is 1. The first-order valence-corrected chi connectivity index (χ1v) is 11.7. The predicted molar refractivity (Wildman–Crippen MR) is 118 cm³/mol. The standard InChI is InChI=1S/C22H19FN2O3S2/c1-2-15-5-9-18(10-6-15)24-13-20-21(26)22-19(11-12-29-22)25(30(20,27)28)14-16-3-7-17(23)8-4-16/h3-13,24H,2,14H2,1H3. The Morgan fingerprint density at radius 3 is 2.37 bits per heavy atom. The van der Waals surface area contributed by atoms with Crippen molar-refractivity contribution in [3.8, 4) is 0 Å². The minimum atomic E-state index is -4.09. The molecular weight excluding hydrogens is 423 g/mol. The molecule has 8 heteroatoms. The molecule has 0 amide bonds. The maximum atomic E-state index is 13.3. The SMILES string of the molecule is CCc1ccc(NC=C2C(=O)c3sccc3N(Cc3ccc(F)cc3)S2(=O)=O)cc1. The second-order valence-electron chi connectivity index (χ2n) is 6.81. The monoisotopic (exact) mass is 442 g/mol. The lowest BCUT2D eigenvalue weighted by Crippen LogP contribution is -2.38. The van der Waals surface area contributed by atoms with Gasteiger partial charge < -0.3 is 5.32 Å². The van der Waals surface area contributed by atoms with E-state index in [1.54, 1.807) is 11.4 Å². The van der Waals surface area contributed by atoms with Crippen LogP contribution >= 0.6 is 11.3 Å². The molecule has 0 aliphatic carbocycles. The van der Waals surface area contributed by atoms with E-state index in [9.17, 15) is 17.6 Å². The van der Waals surface area contributed by atoms with Crippen LogP contribution in [0.5, 0.6) is 0 Å². The van der Waals surface area contributed by atoms with Crippen molar-refractivity contribution >= 4 is 38.5 Å². The number of nitrogens with zero attached hydrogens (tertiary/aromatic N) is 1. The highest BCUT2D eigenvalue weighted by Crippen LogP contribution is 2.39. The molecule has 4 rings (SSSR count). The summed E-state index contributed by atoms with van der Waals surface area (Å²) >= 11 is 1.20. The Hall–Kier alpha value is -2.97. The van der Waals surface area contributed by atoms with Gasteiger partial charge in [-0.1, -0.05) is 31.2 Å². The van der Waals surface area contributed by atoms with Gasteiger partial charge in [-0.2, -0.15) is 0 Å². The first kappa shape index (κ1) is 20.3. The van der Waals surface area contributed by atoms with Crippen molar-refractivity contribution in [2.24, 2.45) is 0 Å². The number of rotatable bonds is 5. The Morgan fingerprint density at radius 1 is 1.03 bits per heavy atom. The summed E-state index contributed by atoms with van der Waals surface area (Å²) in [6.45, 7) is 2.05. The average molecular weight is 443 g/mol. The zero-order valence-electron chi connectivity index (χ0n) is 16.1. The number of sulfonamides is 1. The van der Waals surface area contributed by atoms with Crippen molar-refractivity contribution in [2.75, 3.05) is 9.62 Å². The molecule has 0 saturated carbocycles. The number of nitrogens with one attached hydrogen (secondary N) is 1. The van der Waals surface area contributed by atoms with Crippen LogP contribution in [0.4, 0.5) is 15.8 Å². The van der Waals surface area contributed by atoms with Gasteiger partial charge in [0.15, 0.2) is 4.91 Å². The number of anilines is 2. The summed E-state index contributed by atoms with van der Waals surface area (Å²) in [5.74, 6) is -0.932. The van der Waals surface area contributed by atoms with Crippen LogP contribution in [0.2, 0.25) is 0 Å². The Labute approximate surface area is 178 Å². The van der Waals surface area contributed by atoms with Crippen molar-refractivity contribution in [3.63, 3.8) is 0 Å². The van der Waals surface area contributed by atoms with Crippen LogP contribution in [0.25, 0.3) is 0 Å². The van der Waals surface area contributed by atoms with Gasteiger partial charge in [0.25, 0.3) is 10.0 Å². The maximum absolute atomic E-state index is 13.3. The zero-order valence-corrected chi connectivity index (χ0v) is 17.8. The van der Waals surface area contributed by atoms with Crippen molar-refractivity contribution < 1.29 is 17.6 Å². The molecule has 0 unspecified atom stereocenters. The molecule has 0 bridgehead atoms. The number of ketones is 1. The minimum absolute atomic E-state index is 0.00215. The number of carbonyl (C=O) groups excluding carboxylic acids is 1. The van der Waals surface area contributed by atoms with Crippen LogP contribution in [-0.4, -0.2) is 14.2 Å². The highest BCUT2D eigenvalue weighted by Gasteiger charge is 2.41. The summed E-state index contributed by atoms with van der Waals surface area (Å²) in [7, 11) is -4.09. The summed E-state index contributed by atoms with van der Waals surface area (Å²) in [4.78, 5) is 12.9. The molecule has 1 N–H and O–H groups in total. The summed E-state index contributed by atoms with van der Waals surface area (Å²) in [6.07, 6.45) is 2.15. The van der Waals surface area contributed by atoms with Gasteiger partial charge in [0, 0.05) is 11.9 Å². The highest BCUT2D eigenvalue weighted by atomic mass is 32.2. The van der Waals surface area contributed by atoms with Gasteiger partial charge in [-0.05, 0) is 53.3 Å². The van der Waals surface area contributed by atoms with E-state index in [0.717, 1.165) is 12.0 Å². The minimum Gasteiger partial charge on any atom is -0.360 e. The first-order chi connectivity index (χ1) is 14.4. The Kier molecular flexibility index (Phi) is 5.44. The van der Waals surface area contributed by atoms with E-state index in [4.69, 9.17) is 0 Å². The van der Waals surface area contributed by atoms with Gasteiger partial charge in [-0.25, -0.2) is 12.8 Å². The van der Waals surface area contributed by atoms with Crippen LogP contribution in [-0.2, 0) is 23.0 Å². The van der Waals surface area contributed by atoms with E-state index >= 15 is 0 Å². The van der Waals surface area contributed by atoms with Gasteiger partial charge in [-0.3, -0.25) is 9.10 Å². The molecule has 154 valence electrons. The third-order valence-electron chi connectivity index (χ3n) is 4.88. The Morgan fingerprint density at radius 2 is 1.70 bits per heavy atom. The molecule has 1 aliphatic heterocycles. The zero-order chi connectivity index (χ0) is 21.3. The largest absolute Gasteiger partial charge is 0.360 e. The van der Waals surface area contributed by atoms with Crippen molar-refractivity contribution in [2.45, 2.75) is 19.9 Å². The number of carbonyl (C=O) groups is 1. The molecule has 1 aliphatic rings. The molecule has 3 aromatic rings. The Balaban J connectivity index is 1.70. The molecule has 0 atom stereocenters. The van der Waals surface area contributed by atoms with Gasteiger partial charge >= 0.3 is 0 Å². The van der Waals surface area contributed by atoms with E-state index in [2.05, 4.69) is 5.32 Å². The molecule has 5 nitrogen and oxygen atoms in total. The topological polar surface area (TPSA) is 66.5 Å². The normalized spacial score (nSPS) is 16.5. The van der Waals surface area contributed by atoms with Gasteiger partial charge in [0.05, 0.1) is 12.2 Å². The van der Waals surface area contributed by atoms with Crippen LogP contribution in [0.1, 0.15) is 27.7 Å². The van der Waals surface area contributed by atoms with E-state index in [1.807, 2.05) is 31.2 Å². The summed E-state index contributed by atoms with van der Waals surface area (Å²) in [5.41, 5.74) is 2.81. The quantitative estimate of drug-likeness (QED) is 0.569. The lowest BCUT2D eigenvalue weighted by Gasteiger charge is -2.29. The smallest absolute Gasteiger partial charge is 0.270 e. The number of benzene rings is 2. The molecule has 0 radical (unpaired) electrons. The molecule has 0 fully saturated rings. The second kappa shape index (κ2) is 8.04. The average Bonchev–Trinajstić information content (AvgIpc) is 3.22. The van der Waals surface area contributed by atoms with E-state index in [-0.39, 0.29) is 11.4 Å². The molecular formula is C22H19FN2O3S2. The number of thiophene rings is 1. The molecule has 2 aromatic carbocycles. The summed E-state index contributed by atoms with van der Waals surface area (Å²) in [6, 6.07) is 14.8. The van der Waals surface area contributed by atoms with Crippen molar-refractivity contribution in [3.05, 3.63) is 92.9 Å². The third-order valence-corrected chi connectivity index (χ3v) is 7.55. The van der Waals surface area contributed by atoms with Crippen molar-refractivity contribution in [1.29, 1.82) is 0 Å². The van der Waals surface area contributed by atoms with Gasteiger partial charge in [0.2, 0.25) is 5.78 Å². The van der Waals surface area contributed by atoms with Crippen LogP contribution < -0.4 is 9.62 Å². The highest BCUT2D eigenvalue weighted by molar-refractivity contribution is 7.97. The van der Waals surface area contributed by atoms with E-state index in [0.29, 0.717) is 21.8 Å². The molecule has 0 saturated heterocycles. The fraction of sp³-hybridized carbons (Fsp3) is 0.136. The van der Waals surface area contributed by atoms with Gasteiger partial charge in [-0.15, -0.1) is 11.3 Å². The van der Waals surface area contributed by atoms with Crippen LogP contribution in [0, 0.1) is 5.82 Å². The van der Waals surface area contributed by atoms with Crippen LogP contribution in [0.3, 0.4) is 0 Å². The third kappa shape index (κ3) is 3.76. The molecule has 2 heterocycles. The Bertz CT molecular complexity index is 1210. The van der Waals surface area contributed by atoms with Crippen molar-refractivity contribution in [1.82, 2.24) is 0 Å². The number of fused-ring (bicyclic) bond motifs is 1. The summed E-state index contributed by atoms with van der Waals surface area (Å²) < 4.78 is 41.0.